The number of nitrogens with zero attached hydrogens (tertiary/aromatic N) is 2. The van der Waals surface area contributed by atoms with Gasteiger partial charge in [-0.15, -0.1) is 0 Å². The molecule has 0 unspecified atom stereocenters. The Hall–Kier alpha value is -6.53. The first-order valence-electron chi connectivity index (χ1n) is 19.8. The first-order valence-corrected chi connectivity index (χ1v) is 19.8. The van der Waals surface area contributed by atoms with Crippen LogP contribution in [-0.4, -0.2) is 110 Å². The van der Waals surface area contributed by atoms with Gasteiger partial charge in [-0.3, -0.25) is 28.8 Å². The number of benzene rings is 2. The van der Waals surface area contributed by atoms with E-state index in [4.69, 9.17) is 17.2 Å². The average molecular weight is 809 g/mol. The van der Waals surface area contributed by atoms with Crippen LogP contribution in [0.3, 0.4) is 0 Å². The molecule has 1 aliphatic heterocycles. The molecule has 0 bridgehead atoms. The van der Waals surface area contributed by atoms with Crippen LogP contribution in [0.2, 0.25) is 0 Å². The second-order valence-electron chi connectivity index (χ2n) is 14.9. The number of hydrogen-bond donors (Lipinski definition) is 10. The van der Waals surface area contributed by atoms with Gasteiger partial charge in [-0.1, -0.05) is 36.4 Å². The van der Waals surface area contributed by atoms with E-state index in [9.17, 15) is 28.8 Å². The zero-order chi connectivity index (χ0) is 42.1. The summed E-state index contributed by atoms with van der Waals surface area (Å²) >= 11 is 0. The van der Waals surface area contributed by atoms with Crippen molar-refractivity contribution in [1.29, 1.82) is 0 Å². The van der Waals surface area contributed by atoms with E-state index in [1.54, 1.807) is 18.6 Å². The maximum absolute atomic E-state index is 14.0. The van der Waals surface area contributed by atoms with E-state index in [2.05, 4.69) is 41.2 Å². The van der Waals surface area contributed by atoms with Crippen molar-refractivity contribution in [3.8, 4) is 0 Å². The van der Waals surface area contributed by atoms with Crippen molar-refractivity contribution in [2.75, 3.05) is 13.1 Å². The monoisotopic (exact) mass is 808 g/mol. The number of H-pyrrole nitrogens is 3. The number of para-hydroxylation sites is 2. The first kappa shape index (κ1) is 42.1. The normalized spacial score (nSPS) is 16.6. The van der Waals surface area contributed by atoms with Gasteiger partial charge in [0.1, 0.15) is 30.2 Å². The lowest BCUT2D eigenvalue weighted by Gasteiger charge is -2.26. The molecule has 312 valence electrons. The van der Waals surface area contributed by atoms with E-state index in [-0.39, 0.29) is 32.2 Å². The van der Waals surface area contributed by atoms with E-state index in [1.807, 2.05) is 48.5 Å². The van der Waals surface area contributed by atoms with Crippen molar-refractivity contribution in [3.63, 3.8) is 0 Å². The number of aromatic amines is 3. The van der Waals surface area contributed by atoms with Crippen LogP contribution in [-0.2, 0) is 48.0 Å². The van der Waals surface area contributed by atoms with E-state index < -0.39 is 71.7 Å². The van der Waals surface area contributed by atoms with Gasteiger partial charge in [0.2, 0.25) is 35.4 Å². The molecule has 2 aromatic carbocycles. The molecule has 1 aliphatic rings. The van der Waals surface area contributed by atoms with Crippen molar-refractivity contribution in [1.82, 2.24) is 46.1 Å². The largest absolute Gasteiger partial charge is 0.368 e. The molecule has 0 radical (unpaired) electrons. The Morgan fingerprint density at radius 3 is 2.02 bits per heavy atom. The van der Waals surface area contributed by atoms with Crippen molar-refractivity contribution >= 4 is 57.2 Å². The molecule has 18 heteroatoms. The molecule has 1 fully saturated rings. The van der Waals surface area contributed by atoms with E-state index >= 15 is 0 Å². The van der Waals surface area contributed by atoms with Gasteiger partial charge in [0.05, 0.1) is 18.1 Å². The average Bonchev–Trinajstić information content (AvgIpc) is 4.04. The number of unbranched alkanes of at least 4 members (excludes halogenated alkanes) is 1. The van der Waals surface area contributed by atoms with Crippen LogP contribution in [0.5, 0.6) is 0 Å². The summed E-state index contributed by atoms with van der Waals surface area (Å²) in [6.07, 6.45) is 8.72. The predicted molar refractivity (Wildman–Crippen MR) is 220 cm³/mol. The Morgan fingerprint density at radius 1 is 0.814 bits per heavy atom. The molecule has 6 amide bonds. The van der Waals surface area contributed by atoms with Gasteiger partial charge in [-0.25, -0.2) is 4.98 Å². The number of primary amides is 1. The van der Waals surface area contributed by atoms with Gasteiger partial charge in [0, 0.05) is 66.2 Å². The Labute approximate surface area is 340 Å². The predicted octanol–water partition coefficient (Wildman–Crippen LogP) is -0.0982. The van der Waals surface area contributed by atoms with Crippen LogP contribution < -0.4 is 38.5 Å². The SMILES string of the molecule is C[C@H](NC(=O)[C@@H](Cc1c[nH]c2ccccc12)NC(=O)[C@@H](N)Cc1c[nH]cn1)C(=O)N[C@@H](Cc1c[nH]c2ccccc12)C(=O)N[C@H]1CCN([C@@H](CCCCN)C(N)=O)C1=O. The Bertz CT molecular complexity index is 2270. The molecule has 6 rings (SSSR count). The lowest BCUT2D eigenvalue weighted by Crippen LogP contribution is -2.58. The standard InChI is InChI=1S/C41H52N12O6/c1-23(49-39(57)33(16-24-19-46-30-10-4-2-8-27(24)30)52-38(56)29(43)18-26-21-45-22-48-26)37(55)51-34(17-25-20-47-31-11-5-3-9-28(25)31)40(58)50-32-13-15-53(41(32)59)35(36(44)54)12-6-7-14-42/h2-5,8-11,19-23,29,32-35,46-47H,6-7,12-18,42-43H2,1H3,(H2,44,54)(H,45,48)(H,49,57)(H,50,58)(H,51,55)(H,52,56)/t23-,29-,32-,33+,34-,35-/m0/s1. The van der Waals surface area contributed by atoms with Crippen molar-refractivity contribution in [3.05, 3.63) is 90.3 Å². The fourth-order valence-electron chi connectivity index (χ4n) is 7.49. The highest BCUT2D eigenvalue weighted by Gasteiger charge is 2.40. The van der Waals surface area contributed by atoms with Crippen LogP contribution in [0.4, 0.5) is 0 Å². The van der Waals surface area contributed by atoms with E-state index in [1.165, 1.54) is 18.2 Å². The summed E-state index contributed by atoms with van der Waals surface area (Å²) < 4.78 is 0. The molecule has 59 heavy (non-hydrogen) atoms. The number of nitrogens with one attached hydrogen (secondary N) is 7. The van der Waals surface area contributed by atoms with Gasteiger partial charge in [-0.05, 0) is 62.4 Å². The molecule has 4 heterocycles. The summed E-state index contributed by atoms with van der Waals surface area (Å²) in [5, 5.41) is 12.7. The second-order valence-corrected chi connectivity index (χ2v) is 14.9. The van der Waals surface area contributed by atoms with Crippen molar-refractivity contribution in [2.24, 2.45) is 17.2 Å². The smallest absolute Gasteiger partial charge is 0.245 e. The van der Waals surface area contributed by atoms with Gasteiger partial charge < -0.3 is 58.3 Å². The molecule has 18 nitrogen and oxygen atoms in total. The lowest BCUT2D eigenvalue weighted by molar-refractivity contribution is -0.139. The van der Waals surface area contributed by atoms with E-state index in [0.29, 0.717) is 31.5 Å². The third-order valence-electron chi connectivity index (χ3n) is 10.7. The zero-order valence-electron chi connectivity index (χ0n) is 32.8. The van der Waals surface area contributed by atoms with Crippen LogP contribution in [0, 0.1) is 0 Å². The zero-order valence-corrected chi connectivity index (χ0v) is 32.8. The van der Waals surface area contributed by atoms with Crippen LogP contribution >= 0.6 is 0 Å². The number of rotatable bonds is 20. The number of amides is 6. The number of likely N-dealkylation sites (tertiary alicyclic amines) is 1. The molecule has 6 atom stereocenters. The van der Waals surface area contributed by atoms with Gasteiger partial charge >= 0.3 is 0 Å². The van der Waals surface area contributed by atoms with E-state index in [0.717, 1.165) is 32.9 Å². The molecule has 0 saturated carbocycles. The molecule has 13 N–H and O–H groups in total. The summed E-state index contributed by atoms with van der Waals surface area (Å²) in [5.74, 6) is -3.63. The summed E-state index contributed by atoms with van der Waals surface area (Å²) in [6.45, 7) is 2.12. The fourth-order valence-corrected chi connectivity index (χ4v) is 7.49. The number of nitrogens with two attached hydrogens (primary N) is 3. The molecule has 3 aromatic heterocycles. The van der Waals surface area contributed by atoms with Crippen molar-refractivity contribution < 1.29 is 28.8 Å². The van der Waals surface area contributed by atoms with Crippen LogP contribution in [0.1, 0.15) is 49.4 Å². The number of carbonyl (C=O) groups is 6. The third-order valence-corrected chi connectivity index (χ3v) is 10.7. The first-order chi connectivity index (χ1) is 28.4. The minimum absolute atomic E-state index is 0.0447. The lowest BCUT2D eigenvalue weighted by atomic mass is 10.0. The number of fused-ring (bicyclic) bond motifs is 2. The molecule has 0 spiro atoms. The summed E-state index contributed by atoms with van der Waals surface area (Å²) in [7, 11) is 0. The number of aromatic nitrogens is 4. The number of hydrogen-bond acceptors (Lipinski definition) is 9. The topological polar surface area (TPSA) is 292 Å². The summed E-state index contributed by atoms with van der Waals surface area (Å²) in [5.41, 5.74) is 21.2. The van der Waals surface area contributed by atoms with Gasteiger partial charge in [0.25, 0.3) is 0 Å². The molecular formula is C41H52N12O6. The quantitative estimate of drug-likeness (QED) is 0.0469. The highest BCUT2D eigenvalue weighted by atomic mass is 16.2. The van der Waals surface area contributed by atoms with Crippen LogP contribution in [0.25, 0.3) is 21.8 Å². The Morgan fingerprint density at radius 2 is 1.42 bits per heavy atom. The maximum atomic E-state index is 14.0. The van der Waals surface area contributed by atoms with Crippen molar-refractivity contribution in [2.45, 2.75) is 88.1 Å². The Balaban J connectivity index is 1.17. The summed E-state index contributed by atoms with van der Waals surface area (Å²) in [4.78, 5) is 95.8. The molecule has 1 saturated heterocycles. The highest BCUT2D eigenvalue weighted by Crippen LogP contribution is 2.22. The minimum atomic E-state index is -1.18. The number of imidazole rings is 1. The minimum Gasteiger partial charge on any atom is -0.368 e. The third kappa shape index (κ3) is 10.3. The Kier molecular flexibility index (Phi) is 13.8. The fraction of sp³-hybridized carbons (Fsp3) is 0.390. The van der Waals surface area contributed by atoms with Crippen LogP contribution in [0.15, 0.2) is 73.4 Å². The molecular weight excluding hydrogens is 757 g/mol. The van der Waals surface area contributed by atoms with Gasteiger partial charge in [0.15, 0.2) is 0 Å². The second kappa shape index (κ2) is 19.3. The van der Waals surface area contributed by atoms with Gasteiger partial charge in [-0.2, -0.15) is 0 Å². The number of carbonyl (C=O) groups excluding carboxylic acids is 6. The highest BCUT2D eigenvalue weighted by molar-refractivity contribution is 5.98. The summed E-state index contributed by atoms with van der Waals surface area (Å²) in [6, 6.07) is 8.73. The molecule has 0 aliphatic carbocycles. The maximum Gasteiger partial charge on any atom is 0.245 e. The molecule has 5 aromatic rings.